The van der Waals surface area contributed by atoms with E-state index in [4.69, 9.17) is 0 Å². The lowest BCUT2D eigenvalue weighted by Gasteiger charge is -2.33. The molecule has 2 rings (SSSR count). The van der Waals surface area contributed by atoms with Crippen molar-refractivity contribution in [3.05, 3.63) is 0 Å². The largest absolute Gasteiger partial charge is 0.313 e. The highest BCUT2D eigenvalue weighted by molar-refractivity contribution is 4.76. The van der Waals surface area contributed by atoms with Gasteiger partial charge in [0.15, 0.2) is 0 Å². The van der Waals surface area contributed by atoms with Crippen molar-refractivity contribution >= 4 is 0 Å². The molecule has 3 nitrogen and oxygen atoms in total. The van der Waals surface area contributed by atoms with E-state index in [1.165, 1.54) is 84.1 Å². The van der Waals surface area contributed by atoms with Gasteiger partial charge in [-0.1, -0.05) is 25.7 Å². The number of nitrogens with one attached hydrogen (secondary N) is 1. The molecule has 1 N–H and O–H groups in total. The molecule has 0 spiro atoms. The van der Waals surface area contributed by atoms with Crippen molar-refractivity contribution in [2.45, 2.75) is 57.4 Å². The van der Waals surface area contributed by atoms with Gasteiger partial charge in [-0.2, -0.15) is 0 Å². The number of nitrogens with zero attached hydrogens (tertiary/aromatic N) is 2. The maximum Gasteiger partial charge on any atom is 0.0107 e. The summed E-state index contributed by atoms with van der Waals surface area (Å²) in [5, 5.41) is 3.80. The summed E-state index contributed by atoms with van der Waals surface area (Å²) in [5.74, 6) is 0.927. The Labute approximate surface area is 126 Å². The van der Waals surface area contributed by atoms with Crippen LogP contribution >= 0.6 is 0 Å². The Morgan fingerprint density at radius 3 is 2.20 bits per heavy atom. The molecule has 3 heteroatoms. The molecule has 1 heterocycles. The summed E-state index contributed by atoms with van der Waals surface area (Å²) in [6, 6.07) is 0.809. The minimum absolute atomic E-state index is 0.809. The fourth-order valence-electron chi connectivity index (χ4n) is 3.82. The summed E-state index contributed by atoms with van der Waals surface area (Å²) in [7, 11) is 4.39. The second kappa shape index (κ2) is 9.01. The van der Waals surface area contributed by atoms with E-state index in [0.29, 0.717) is 0 Å². The lowest BCUT2D eigenvalue weighted by atomic mass is 9.96. The van der Waals surface area contributed by atoms with Gasteiger partial charge in [-0.15, -0.1) is 0 Å². The minimum atomic E-state index is 0.809. The van der Waals surface area contributed by atoms with E-state index in [1.807, 2.05) is 0 Å². The van der Waals surface area contributed by atoms with Gasteiger partial charge in [-0.05, 0) is 58.8 Å². The molecule has 0 radical (unpaired) electrons. The molecule has 0 aromatic heterocycles. The van der Waals surface area contributed by atoms with Crippen molar-refractivity contribution in [2.24, 2.45) is 5.92 Å². The second-order valence-electron chi connectivity index (χ2n) is 7.19. The van der Waals surface area contributed by atoms with Gasteiger partial charge in [0.25, 0.3) is 0 Å². The van der Waals surface area contributed by atoms with E-state index < -0.39 is 0 Å². The summed E-state index contributed by atoms with van der Waals surface area (Å²) >= 11 is 0. The first-order valence-electron chi connectivity index (χ1n) is 8.84. The molecule has 1 aliphatic heterocycles. The summed E-state index contributed by atoms with van der Waals surface area (Å²) in [4.78, 5) is 5.00. The van der Waals surface area contributed by atoms with Crippen LogP contribution in [0.1, 0.15) is 51.4 Å². The Morgan fingerprint density at radius 2 is 1.60 bits per heavy atom. The molecule has 118 valence electrons. The Bertz CT molecular complexity index is 239. The summed E-state index contributed by atoms with van der Waals surface area (Å²) < 4.78 is 0. The summed E-state index contributed by atoms with van der Waals surface area (Å²) in [6.45, 7) is 6.35. The molecule has 1 saturated heterocycles. The predicted molar refractivity (Wildman–Crippen MR) is 87.2 cm³/mol. The normalized spacial score (nSPS) is 24.1. The highest BCUT2D eigenvalue weighted by atomic mass is 15.1. The van der Waals surface area contributed by atoms with Crippen molar-refractivity contribution in [1.29, 1.82) is 0 Å². The van der Waals surface area contributed by atoms with E-state index >= 15 is 0 Å². The number of rotatable bonds is 6. The first-order chi connectivity index (χ1) is 9.74. The van der Waals surface area contributed by atoms with Crippen LogP contribution in [0.3, 0.4) is 0 Å². The van der Waals surface area contributed by atoms with Crippen molar-refractivity contribution in [3.63, 3.8) is 0 Å². The Morgan fingerprint density at radius 1 is 0.950 bits per heavy atom. The number of hydrogen-bond donors (Lipinski definition) is 1. The molecule has 0 aromatic rings. The molecule has 0 aromatic carbocycles. The van der Waals surface area contributed by atoms with E-state index in [2.05, 4.69) is 29.2 Å². The summed E-state index contributed by atoms with van der Waals surface area (Å²) in [5.41, 5.74) is 0. The molecule has 0 atom stereocenters. The topological polar surface area (TPSA) is 18.5 Å². The smallest absolute Gasteiger partial charge is 0.0107 e. The van der Waals surface area contributed by atoms with Gasteiger partial charge in [0, 0.05) is 25.7 Å². The lowest BCUT2D eigenvalue weighted by Crippen LogP contribution is -2.42. The second-order valence-corrected chi connectivity index (χ2v) is 7.19. The zero-order valence-electron chi connectivity index (χ0n) is 13.7. The highest BCUT2D eigenvalue weighted by Crippen LogP contribution is 2.18. The SMILES string of the molecule is CN(C)CC1CCN(CCNC2CCCCCC2)CC1. The van der Waals surface area contributed by atoms with Gasteiger partial charge < -0.3 is 15.1 Å². The van der Waals surface area contributed by atoms with Crippen LogP contribution in [0.25, 0.3) is 0 Å². The van der Waals surface area contributed by atoms with Gasteiger partial charge in [0.2, 0.25) is 0 Å². The Balaban J connectivity index is 1.54. The van der Waals surface area contributed by atoms with Crippen molar-refractivity contribution in [1.82, 2.24) is 15.1 Å². The zero-order valence-corrected chi connectivity index (χ0v) is 13.7. The van der Waals surface area contributed by atoms with Crippen LogP contribution in [0, 0.1) is 5.92 Å². The van der Waals surface area contributed by atoms with Crippen LogP contribution in [0.5, 0.6) is 0 Å². The molecule has 1 aliphatic carbocycles. The fraction of sp³-hybridized carbons (Fsp3) is 1.00. The average molecular weight is 281 g/mol. The Hall–Kier alpha value is -0.120. The van der Waals surface area contributed by atoms with E-state index in [-0.39, 0.29) is 0 Å². The molecule has 0 amide bonds. The van der Waals surface area contributed by atoms with Crippen LogP contribution in [0.15, 0.2) is 0 Å². The van der Waals surface area contributed by atoms with E-state index in [9.17, 15) is 0 Å². The molecule has 2 fully saturated rings. The number of hydrogen-bond acceptors (Lipinski definition) is 3. The quantitative estimate of drug-likeness (QED) is 0.755. The van der Waals surface area contributed by atoms with Gasteiger partial charge >= 0.3 is 0 Å². The van der Waals surface area contributed by atoms with Crippen molar-refractivity contribution < 1.29 is 0 Å². The molecule has 0 unspecified atom stereocenters. The van der Waals surface area contributed by atoms with Crippen LogP contribution < -0.4 is 5.32 Å². The molecule has 1 saturated carbocycles. The van der Waals surface area contributed by atoms with E-state index in [1.54, 1.807) is 0 Å². The third-order valence-electron chi connectivity index (χ3n) is 5.05. The fourth-order valence-corrected chi connectivity index (χ4v) is 3.82. The minimum Gasteiger partial charge on any atom is -0.313 e. The molecule has 0 bridgehead atoms. The lowest BCUT2D eigenvalue weighted by molar-refractivity contribution is 0.161. The van der Waals surface area contributed by atoms with Crippen LogP contribution in [0.4, 0.5) is 0 Å². The molecule has 20 heavy (non-hydrogen) atoms. The van der Waals surface area contributed by atoms with Gasteiger partial charge in [0.1, 0.15) is 0 Å². The van der Waals surface area contributed by atoms with Gasteiger partial charge in [0.05, 0.1) is 0 Å². The average Bonchev–Trinajstić information content (AvgIpc) is 2.69. The van der Waals surface area contributed by atoms with E-state index in [0.717, 1.165) is 12.0 Å². The molecular weight excluding hydrogens is 246 g/mol. The summed E-state index contributed by atoms with van der Waals surface area (Å²) in [6.07, 6.45) is 11.4. The van der Waals surface area contributed by atoms with Gasteiger partial charge in [-0.25, -0.2) is 0 Å². The van der Waals surface area contributed by atoms with Crippen molar-refractivity contribution in [2.75, 3.05) is 46.8 Å². The number of likely N-dealkylation sites (tertiary alicyclic amines) is 1. The Kier molecular flexibility index (Phi) is 7.32. The first kappa shape index (κ1) is 16.3. The standard InChI is InChI=1S/C17H35N3/c1-19(2)15-16-9-12-20(13-10-16)14-11-18-17-7-5-3-4-6-8-17/h16-18H,3-15H2,1-2H3. The molecule has 2 aliphatic rings. The maximum atomic E-state index is 3.80. The third kappa shape index (κ3) is 6.11. The monoisotopic (exact) mass is 281 g/mol. The van der Waals surface area contributed by atoms with Gasteiger partial charge in [-0.3, -0.25) is 0 Å². The number of piperidine rings is 1. The van der Waals surface area contributed by atoms with Crippen LogP contribution in [-0.2, 0) is 0 Å². The van der Waals surface area contributed by atoms with Crippen LogP contribution in [-0.4, -0.2) is 62.7 Å². The van der Waals surface area contributed by atoms with Crippen molar-refractivity contribution in [3.8, 4) is 0 Å². The predicted octanol–water partition coefficient (Wildman–Crippen LogP) is 2.57. The van der Waals surface area contributed by atoms with Crippen LogP contribution in [0.2, 0.25) is 0 Å². The first-order valence-corrected chi connectivity index (χ1v) is 8.84. The highest BCUT2D eigenvalue weighted by Gasteiger charge is 2.19. The molecular formula is C17H35N3. The maximum absolute atomic E-state index is 3.80. The zero-order chi connectivity index (χ0) is 14.2. The third-order valence-corrected chi connectivity index (χ3v) is 5.05.